The third-order valence-electron chi connectivity index (χ3n) is 4.04. The highest BCUT2D eigenvalue weighted by atomic mass is 35.5. The zero-order valence-electron chi connectivity index (χ0n) is 14.4. The number of nitrogens with one attached hydrogen (secondary N) is 2. The Bertz CT molecular complexity index is 721. The van der Waals surface area contributed by atoms with Gasteiger partial charge in [-0.3, -0.25) is 0 Å². The molecule has 1 heterocycles. The number of methoxy groups -OCH3 is 1. The molecular formula is C17H20Cl3N3O2S. The zero-order chi connectivity index (χ0) is 19.3. The fourth-order valence-electron chi connectivity index (χ4n) is 2.83. The summed E-state index contributed by atoms with van der Waals surface area (Å²) in [6, 6.07) is 5.14. The average Bonchev–Trinajstić information content (AvgIpc) is 2.60. The van der Waals surface area contributed by atoms with Crippen LogP contribution in [0.1, 0.15) is 18.5 Å². The Kier molecular flexibility index (Phi) is 7.83. The number of esters is 1. The quantitative estimate of drug-likeness (QED) is 0.387. The first-order valence-electron chi connectivity index (χ1n) is 7.95. The van der Waals surface area contributed by atoms with Gasteiger partial charge in [-0.2, -0.15) is 0 Å². The summed E-state index contributed by atoms with van der Waals surface area (Å²) in [6.07, 6.45) is 0. The molecule has 2 rings (SSSR count). The van der Waals surface area contributed by atoms with E-state index in [2.05, 4.69) is 15.5 Å². The molecule has 0 bridgehead atoms. The van der Waals surface area contributed by atoms with E-state index in [1.54, 1.807) is 6.92 Å². The SMILES string of the molecule is COC(=O)C1=C(C)NC(=S)N[C@H]1c1ccc(N(CCCl)CCCl)cc1Cl. The van der Waals surface area contributed by atoms with Crippen molar-refractivity contribution in [1.82, 2.24) is 10.6 Å². The van der Waals surface area contributed by atoms with E-state index in [-0.39, 0.29) is 0 Å². The minimum Gasteiger partial charge on any atom is -0.466 e. The van der Waals surface area contributed by atoms with Crippen molar-refractivity contribution in [3.63, 3.8) is 0 Å². The van der Waals surface area contributed by atoms with Crippen LogP contribution < -0.4 is 15.5 Å². The van der Waals surface area contributed by atoms with E-state index >= 15 is 0 Å². The molecule has 5 nitrogen and oxygen atoms in total. The molecule has 0 aliphatic carbocycles. The van der Waals surface area contributed by atoms with Gasteiger partial charge in [-0.05, 0) is 36.8 Å². The number of rotatable bonds is 7. The molecule has 2 N–H and O–H groups in total. The second-order valence-corrected chi connectivity index (χ2v) is 7.20. The van der Waals surface area contributed by atoms with Crippen LogP contribution in [0.5, 0.6) is 0 Å². The van der Waals surface area contributed by atoms with Crippen LogP contribution in [0.4, 0.5) is 5.69 Å². The number of carbonyl (C=O) groups is 1. The Morgan fingerprint density at radius 2 is 1.96 bits per heavy atom. The number of anilines is 1. The van der Waals surface area contributed by atoms with E-state index in [9.17, 15) is 4.79 Å². The summed E-state index contributed by atoms with van der Waals surface area (Å²) in [5.41, 5.74) is 2.72. The fourth-order valence-corrected chi connectivity index (χ4v) is 3.79. The number of benzene rings is 1. The van der Waals surface area contributed by atoms with Crippen molar-refractivity contribution in [3.05, 3.63) is 40.1 Å². The van der Waals surface area contributed by atoms with Gasteiger partial charge in [0.15, 0.2) is 5.11 Å². The lowest BCUT2D eigenvalue weighted by atomic mass is 9.95. The number of hydrogen-bond acceptors (Lipinski definition) is 4. The molecule has 0 amide bonds. The molecule has 0 radical (unpaired) electrons. The molecule has 1 aromatic rings. The average molecular weight is 437 g/mol. The molecule has 0 saturated heterocycles. The van der Waals surface area contributed by atoms with Gasteiger partial charge in [-0.15, -0.1) is 23.2 Å². The van der Waals surface area contributed by atoms with Gasteiger partial charge >= 0.3 is 5.97 Å². The van der Waals surface area contributed by atoms with Crippen LogP contribution in [0.25, 0.3) is 0 Å². The van der Waals surface area contributed by atoms with Crippen molar-refractivity contribution in [3.8, 4) is 0 Å². The highest BCUT2D eigenvalue weighted by molar-refractivity contribution is 7.80. The maximum Gasteiger partial charge on any atom is 0.337 e. The summed E-state index contributed by atoms with van der Waals surface area (Å²) in [5.74, 6) is 0.518. The van der Waals surface area contributed by atoms with E-state index in [4.69, 9.17) is 51.8 Å². The van der Waals surface area contributed by atoms with Crippen LogP contribution in [0, 0.1) is 0 Å². The highest BCUT2D eigenvalue weighted by Gasteiger charge is 2.32. The first-order chi connectivity index (χ1) is 12.4. The lowest BCUT2D eigenvalue weighted by molar-refractivity contribution is -0.136. The molecule has 142 valence electrons. The topological polar surface area (TPSA) is 53.6 Å². The number of hydrogen-bond donors (Lipinski definition) is 2. The normalized spacial score (nSPS) is 16.8. The fraction of sp³-hybridized carbons (Fsp3) is 0.412. The third kappa shape index (κ3) is 4.74. The van der Waals surface area contributed by atoms with E-state index < -0.39 is 12.0 Å². The standard InChI is InChI=1S/C17H20Cl3N3O2S/c1-10-14(16(24)25-2)15(22-17(26)21-10)12-4-3-11(9-13(12)20)23(7-5-18)8-6-19/h3-4,9,15H,5-8H2,1-2H3,(H2,21,22,26)/t15-/m0/s1. The van der Waals surface area contributed by atoms with Crippen molar-refractivity contribution in [2.75, 3.05) is 36.9 Å². The van der Waals surface area contributed by atoms with Gasteiger partial charge < -0.3 is 20.3 Å². The van der Waals surface area contributed by atoms with E-state index in [0.29, 0.717) is 46.3 Å². The Labute approximate surface area is 173 Å². The maximum absolute atomic E-state index is 12.2. The van der Waals surface area contributed by atoms with Gasteiger partial charge in [-0.25, -0.2) is 4.79 Å². The number of carbonyl (C=O) groups excluding carboxylic acids is 1. The molecule has 0 fully saturated rings. The molecule has 1 aliphatic rings. The van der Waals surface area contributed by atoms with Crippen molar-refractivity contribution >= 4 is 63.8 Å². The summed E-state index contributed by atoms with van der Waals surface area (Å²) >= 11 is 23.5. The number of ether oxygens (including phenoxy) is 1. The van der Waals surface area contributed by atoms with Crippen molar-refractivity contribution < 1.29 is 9.53 Å². The lowest BCUT2D eigenvalue weighted by Crippen LogP contribution is -2.45. The Morgan fingerprint density at radius 1 is 1.31 bits per heavy atom. The van der Waals surface area contributed by atoms with Crippen LogP contribution in [0.15, 0.2) is 29.5 Å². The summed E-state index contributed by atoms with van der Waals surface area (Å²) in [7, 11) is 1.34. The molecule has 0 unspecified atom stereocenters. The van der Waals surface area contributed by atoms with Gasteiger partial charge in [0.25, 0.3) is 0 Å². The summed E-state index contributed by atoms with van der Waals surface area (Å²) in [6.45, 7) is 3.09. The van der Waals surface area contributed by atoms with Crippen LogP contribution >= 0.6 is 47.0 Å². The Hall–Kier alpha value is -1.21. The minimum atomic E-state index is -0.493. The monoisotopic (exact) mass is 435 g/mol. The van der Waals surface area contributed by atoms with Crippen LogP contribution in [0.3, 0.4) is 0 Å². The first kappa shape index (κ1) is 21.1. The largest absolute Gasteiger partial charge is 0.466 e. The number of allylic oxidation sites excluding steroid dienone is 1. The second kappa shape index (κ2) is 9.65. The predicted octanol–water partition coefficient (Wildman–Crippen LogP) is 3.59. The van der Waals surface area contributed by atoms with Crippen LogP contribution in [0.2, 0.25) is 5.02 Å². The summed E-state index contributed by atoms with van der Waals surface area (Å²) in [5, 5.41) is 6.96. The van der Waals surface area contributed by atoms with Crippen LogP contribution in [-0.2, 0) is 9.53 Å². The van der Waals surface area contributed by atoms with Gasteiger partial charge in [0.2, 0.25) is 0 Å². The number of nitrogens with zero attached hydrogens (tertiary/aromatic N) is 1. The van der Waals surface area contributed by atoms with Crippen molar-refractivity contribution in [1.29, 1.82) is 0 Å². The van der Waals surface area contributed by atoms with Crippen LogP contribution in [-0.4, -0.2) is 43.0 Å². The molecule has 0 aromatic heterocycles. The molecule has 0 spiro atoms. The molecule has 1 aliphatic heterocycles. The van der Waals surface area contributed by atoms with Gasteiger partial charge in [0.05, 0.1) is 18.7 Å². The molecule has 0 saturated carbocycles. The maximum atomic E-state index is 12.2. The van der Waals surface area contributed by atoms with E-state index in [0.717, 1.165) is 11.3 Å². The highest BCUT2D eigenvalue weighted by Crippen LogP contribution is 2.34. The molecule has 1 atom stereocenters. The molecular weight excluding hydrogens is 417 g/mol. The molecule has 9 heteroatoms. The van der Waals surface area contributed by atoms with Gasteiger partial charge in [-0.1, -0.05) is 17.7 Å². The zero-order valence-corrected chi connectivity index (χ0v) is 17.5. The number of thiocarbonyl (C=S) groups is 1. The lowest BCUT2D eigenvalue weighted by Gasteiger charge is -2.31. The van der Waals surface area contributed by atoms with E-state index in [1.165, 1.54) is 7.11 Å². The number of alkyl halides is 2. The predicted molar refractivity (Wildman–Crippen MR) is 111 cm³/mol. The first-order valence-corrected chi connectivity index (χ1v) is 9.81. The van der Waals surface area contributed by atoms with E-state index in [1.807, 2.05) is 18.2 Å². The smallest absolute Gasteiger partial charge is 0.337 e. The summed E-state index contributed by atoms with van der Waals surface area (Å²) in [4.78, 5) is 14.3. The Balaban J connectivity index is 2.42. The summed E-state index contributed by atoms with van der Waals surface area (Å²) < 4.78 is 4.91. The second-order valence-electron chi connectivity index (χ2n) is 5.63. The Morgan fingerprint density at radius 3 is 2.50 bits per heavy atom. The third-order valence-corrected chi connectivity index (χ3v) is 4.93. The number of halogens is 3. The van der Waals surface area contributed by atoms with Crippen molar-refractivity contribution in [2.24, 2.45) is 0 Å². The molecule has 1 aromatic carbocycles. The van der Waals surface area contributed by atoms with Gasteiger partial charge in [0, 0.05) is 41.3 Å². The molecule has 26 heavy (non-hydrogen) atoms. The minimum absolute atomic E-state index is 0.422. The van der Waals surface area contributed by atoms with Crippen molar-refractivity contribution in [2.45, 2.75) is 13.0 Å². The van der Waals surface area contributed by atoms with Gasteiger partial charge in [0.1, 0.15) is 0 Å².